The molecule has 0 radical (unpaired) electrons. The fourth-order valence-electron chi connectivity index (χ4n) is 4.78. The third kappa shape index (κ3) is 5.54. The summed E-state index contributed by atoms with van der Waals surface area (Å²) in [4.78, 5) is 18.9. The van der Waals surface area contributed by atoms with E-state index in [1.807, 2.05) is 49.4 Å². The molecule has 0 aliphatic carbocycles. The van der Waals surface area contributed by atoms with E-state index in [0.717, 1.165) is 54.6 Å². The predicted octanol–water partition coefficient (Wildman–Crippen LogP) is 6.93. The second kappa shape index (κ2) is 11.0. The number of aromatic nitrogens is 1. The average molecular weight is 522 g/mol. The molecule has 36 heavy (non-hydrogen) atoms. The van der Waals surface area contributed by atoms with Crippen molar-refractivity contribution >= 4 is 40.0 Å². The number of hydrogen-bond donors (Lipinski definition) is 2. The third-order valence-electron chi connectivity index (χ3n) is 6.67. The first kappa shape index (κ1) is 24.7. The number of nitrogens with one attached hydrogen (secondary N) is 2. The third-order valence-corrected chi connectivity index (χ3v) is 7.39. The van der Waals surface area contributed by atoms with Crippen LogP contribution in [0.4, 0.5) is 0 Å². The minimum absolute atomic E-state index is 0.0702. The lowest BCUT2D eigenvalue weighted by Gasteiger charge is -2.32. The standard InChI is InChI=1S/C29H29Cl2N3O2/c1-2-36-28-16-20(8-9-23(28)27-15-21-14-24(30)25(31)17-26(21)33-27)29(35)32-22-10-12-34(13-11-22)18-19-6-4-3-5-7-19/h3-9,14-17,22,33H,2,10-13,18H2,1H3,(H,32,35). The summed E-state index contributed by atoms with van der Waals surface area (Å²) >= 11 is 12.4. The molecule has 0 bridgehead atoms. The first-order valence-electron chi connectivity index (χ1n) is 12.3. The van der Waals surface area contributed by atoms with Crippen LogP contribution in [0, 0.1) is 0 Å². The number of H-pyrrole nitrogens is 1. The number of nitrogens with zero attached hydrogens (tertiary/aromatic N) is 1. The lowest BCUT2D eigenvalue weighted by molar-refractivity contribution is 0.0908. The molecule has 7 heteroatoms. The van der Waals surface area contributed by atoms with Crippen LogP contribution in [-0.4, -0.2) is 41.5 Å². The Morgan fingerprint density at radius 2 is 1.78 bits per heavy atom. The smallest absolute Gasteiger partial charge is 0.251 e. The summed E-state index contributed by atoms with van der Waals surface area (Å²) in [5.41, 5.74) is 4.57. The predicted molar refractivity (Wildman–Crippen MR) is 147 cm³/mol. The van der Waals surface area contributed by atoms with Crippen molar-refractivity contribution in [3.8, 4) is 17.0 Å². The van der Waals surface area contributed by atoms with Crippen LogP contribution >= 0.6 is 23.2 Å². The number of amides is 1. The van der Waals surface area contributed by atoms with Crippen molar-refractivity contribution in [2.45, 2.75) is 32.4 Å². The van der Waals surface area contributed by atoms with Crippen LogP contribution in [-0.2, 0) is 6.54 Å². The van der Waals surface area contributed by atoms with Crippen molar-refractivity contribution in [3.63, 3.8) is 0 Å². The van der Waals surface area contributed by atoms with Crippen molar-refractivity contribution in [2.75, 3.05) is 19.7 Å². The summed E-state index contributed by atoms with van der Waals surface area (Å²) < 4.78 is 5.93. The van der Waals surface area contributed by atoms with Gasteiger partial charge in [-0.25, -0.2) is 0 Å². The van der Waals surface area contributed by atoms with E-state index in [9.17, 15) is 4.79 Å². The highest BCUT2D eigenvalue weighted by Gasteiger charge is 2.22. The molecule has 1 amide bonds. The first-order valence-corrected chi connectivity index (χ1v) is 13.1. The molecule has 5 rings (SSSR count). The molecular formula is C29H29Cl2N3O2. The lowest BCUT2D eigenvalue weighted by atomic mass is 10.0. The van der Waals surface area contributed by atoms with E-state index in [0.29, 0.717) is 28.0 Å². The quantitative estimate of drug-likeness (QED) is 0.277. The highest BCUT2D eigenvalue weighted by Crippen LogP contribution is 2.35. The molecule has 0 unspecified atom stereocenters. The molecule has 0 atom stereocenters. The summed E-state index contributed by atoms with van der Waals surface area (Å²) in [6.07, 6.45) is 1.88. The fraction of sp³-hybridized carbons (Fsp3) is 0.276. The Morgan fingerprint density at radius 3 is 2.53 bits per heavy atom. The largest absolute Gasteiger partial charge is 0.493 e. The molecule has 1 aliphatic heterocycles. The summed E-state index contributed by atoms with van der Waals surface area (Å²) in [5.74, 6) is 0.589. The minimum Gasteiger partial charge on any atom is -0.493 e. The number of benzene rings is 3. The molecule has 4 aromatic rings. The number of carbonyl (C=O) groups excluding carboxylic acids is 1. The average Bonchev–Trinajstić information content (AvgIpc) is 3.28. The zero-order chi connectivity index (χ0) is 25.1. The topological polar surface area (TPSA) is 57.4 Å². The number of halogens is 2. The van der Waals surface area contributed by atoms with Gasteiger partial charge in [-0.2, -0.15) is 0 Å². The maximum Gasteiger partial charge on any atom is 0.251 e. The van der Waals surface area contributed by atoms with Crippen LogP contribution in [0.1, 0.15) is 35.7 Å². The Morgan fingerprint density at radius 1 is 1.03 bits per heavy atom. The van der Waals surface area contributed by atoms with Crippen molar-refractivity contribution in [2.24, 2.45) is 0 Å². The Labute approximate surface area is 221 Å². The second-order valence-electron chi connectivity index (χ2n) is 9.19. The highest BCUT2D eigenvalue weighted by molar-refractivity contribution is 6.42. The summed E-state index contributed by atoms with van der Waals surface area (Å²) in [6.45, 7) is 5.32. The Hall–Kier alpha value is -2.99. The maximum absolute atomic E-state index is 13.1. The number of carbonyl (C=O) groups is 1. The number of rotatable bonds is 7. The van der Waals surface area contributed by atoms with Crippen LogP contribution < -0.4 is 10.1 Å². The molecule has 1 fully saturated rings. The molecule has 1 aromatic heterocycles. The van der Waals surface area contributed by atoms with Gasteiger partial charge in [0.05, 0.1) is 22.3 Å². The van der Waals surface area contributed by atoms with E-state index in [4.69, 9.17) is 27.9 Å². The lowest BCUT2D eigenvalue weighted by Crippen LogP contribution is -2.44. The molecular weight excluding hydrogens is 493 g/mol. The Balaban J connectivity index is 1.27. The molecule has 1 saturated heterocycles. The van der Waals surface area contributed by atoms with Crippen molar-refractivity contribution in [1.29, 1.82) is 0 Å². The van der Waals surface area contributed by atoms with E-state index in [-0.39, 0.29) is 11.9 Å². The Bertz CT molecular complexity index is 1320. The van der Waals surface area contributed by atoms with Crippen LogP contribution in [0.25, 0.3) is 22.2 Å². The summed E-state index contributed by atoms with van der Waals surface area (Å²) in [6, 6.07) is 22.0. The van der Waals surface area contributed by atoms with Gasteiger partial charge >= 0.3 is 0 Å². The number of fused-ring (bicyclic) bond motifs is 1. The molecule has 1 aliphatic rings. The zero-order valence-corrected chi connectivity index (χ0v) is 21.7. The second-order valence-corrected chi connectivity index (χ2v) is 10.0. The number of ether oxygens (including phenoxy) is 1. The summed E-state index contributed by atoms with van der Waals surface area (Å²) in [5, 5.41) is 5.20. The first-order chi connectivity index (χ1) is 17.5. The van der Waals surface area contributed by atoms with Crippen LogP contribution in [0.2, 0.25) is 10.0 Å². The van der Waals surface area contributed by atoms with Gasteiger partial charge in [-0.15, -0.1) is 0 Å². The van der Waals surface area contributed by atoms with Gasteiger partial charge in [-0.05, 0) is 61.7 Å². The van der Waals surface area contributed by atoms with Gasteiger partial charge in [-0.1, -0.05) is 53.5 Å². The van der Waals surface area contributed by atoms with Crippen LogP contribution in [0.5, 0.6) is 5.75 Å². The fourth-order valence-corrected chi connectivity index (χ4v) is 5.11. The number of piperidine rings is 1. The maximum atomic E-state index is 13.1. The van der Waals surface area contributed by atoms with Crippen molar-refractivity contribution in [1.82, 2.24) is 15.2 Å². The normalized spacial score (nSPS) is 14.8. The molecule has 0 spiro atoms. The van der Waals surface area contributed by atoms with Gasteiger partial charge < -0.3 is 15.0 Å². The van der Waals surface area contributed by atoms with Crippen molar-refractivity contribution < 1.29 is 9.53 Å². The van der Waals surface area contributed by atoms with Gasteiger partial charge in [0, 0.05) is 47.7 Å². The van der Waals surface area contributed by atoms with Gasteiger partial charge in [0.1, 0.15) is 5.75 Å². The van der Waals surface area contributed by atoms with E-state index in [2.05, 4.69) is 39.5 Å². The van der Waals surface area contributed by atoms with Gasteiger partial charge in [-0.3, -0.25) is 9.69 Å². The summed E-state index contributed by atoms with van der Waals surface area (Å²) in [7, 11) is 0. The zero-order valence-electron chi connectivity index (χ0n) is 20.2. The Kier molecular flexibility index (Phi) is 7.51. The van der Waals surface area contributed by atoms with E-state index >= 15 is 0 Å². The van der Waals surface area contributed by atoms with E-state index in [1.54, 1.807) is 0 Å². The monoisotopic (exact) mass is 521 g/mol. The molecule has 5 nitrogen and oxygen atoms in total. The van der Waals surface area contributed by atoms with Gasteiger partial charge in [0.25, 0.3) is 5.91 Å². The number of hydrogen-bond acceptors (Lipinski definition) is 3. The van der Waals surface area contributed by atoms with Crippen LogP contribution in [0.15, 0.2) is 66.7 Å². The SMILES string of the molecule is CCOc1cc(C(=O)NC2CCN(Cc3ccccc3)CC2)ccc1-c1cc2cc(Cl)c(Cl)cc2[nH]1. The van der Waals surface area contributed by atoms with E-state index < -0.39 is 0 Å². The van der Waals surface area contributed by atoms with E-state index in [1.165, 1.54) is 5.56 Å². The van der Waals surface area contributed by atoms with Crippen LogP contribution in [0.3, 0.4) is 0 Å². The molecule has 2 N–H and O–H groups in total. The van der Waals surface area contributed by atoms with Gasteiger partial charge in [0.2, 0.25) is 0 Å². The number of likely N-dealkylation sites (tertiary alicyclic amines) is 1. The van der Waals surface area contributed by atoms with Gasteiger partial charge in [0.15, 0.2) is 0 Å². The molecule has 186 valence electrons. The molecule has 0 saturated carbocycles. The highest BCUT2D eigenvalue weighted by atomic mass is 35.5. The number of aromatic amines is 1. The van der Waals surface area contributed by atoms with Crippen molar-refractivity contribution in [3.05, 3.63) is 87.9 Å². The molecule has 2 heterocycles. The molecule has 3 aromatic carbocycles. The minimum atomic E-state index is -0.0702.